The quantitative estimate of drug-likeness (QED) is 0.528. The second-order valence-electron chi connectivity index (χ2n) is 8.77. The third-order valence-electron chi connectivity index (χ3n) is 5.09. The van der Waals surface area contributed by atoms with Crippen LogP contribution in [-0.2, 0) is 28.6 Å². The summed E-state index contributed by atoms with van der Waals surface area (Å²) in [5, 5.41) is 6.05. The highest BCUT2D eigenvalue weighted by molar-refractivity contribution is 7.85. The number of carbonyl (C=O) groups is 1. The second-order valence-corrected chi connectivity index (χ2v) is 10.0. The van der Waals surface area contributed by atoms with Gasteiger partial charge in [-0.25, -0.2) is 13.2 Å². The number of hydrogen-bond donors (Lipinski definition) is 1. The van der Waals surface area contributed by atoms with E-state index in [1.807, 2.05) is 46.7 Å². The standard InChI is InChI=1S/C24H32F3N3OS/c1-14(2)18-10-17(24(26)27)11-19(15(3)4)20(18)12-23(31)29-32(28)22-8-7-16(9-21(22)25)13-30(5)6/h7-11,14-15,24H,12-13H2,1-6H3,(H2,28,29,31). The average molecular weight is 468 g/mol. The minimum atomic E-state index is -2.59. The van der Waals surface area contributed by atoms with Gasteiger partial charge in [0.15, 0.2) is 0 Å². The molecule has 1 unspecified atom stereocenters. The molecule has 0 aromatic heterocycles. The minimum absolute atomic E-state index is 0.0493. The zero-order valence-electron chi connectivity index (χ0n) is 19.5. The maximum absolute atomic E-state index is 14.6. The predicted octanol–water partition coefficient (Wildman–Crippen LogP) is 5.88. The summed E-state index contributed by atoms with van der Waals surface area (Å²) in [5.74, 6) is -1.10. The lowest BCUT2D eigenvalue weighted by Crippen LogP contribution is -2.14. The molecule has 0 heterocycles. The predicted molar refractivity (Wildman–Crippen MR) is 124 cm³/mol. The number of benzene rings is 2. The molecule has 0 bridgehead atoms. The highest BCUT2D eigenvalue weighted by Gasteiger charge is 2.21. The van der Waals surface area contributed by atoms with E-state index >= 15 is 0 Å². The van der Waals surface area contributed by atoms with Gasteiger partial charge in [-0.15, -0.1) is 0 Å². The van der Waals surface area contributed by atoms with Gasteiger partial charge in [0.25, 0.3) is 12.3 Å². The van der Waals surface area contributed by atoms with E-state index in [4.69, 9.17) is 5.14 Å². The van der Waals surface area contributed by atoms with Crippen molar-refractivity contribution >= 4 is 16.8 Å². The average Bonchev–Trinajstić information content (AvgIpc) is 2.66. The number of alkyl halides is 2. The van der Waals surface area contributed by atoms with E-state index in [9.17, 15) is 18.0 Å². The van der Waals surface area contributed by atoms with Gasteiger partial charge < -0.3 is 4.90 Å². The van der Waals surface area contributed by atoms with Crippen molar-refractivity contribution in [2.24, 2.45) is 9.50 Å². The first-order valence-corrected chi connectivity index (χ1v) is 11.8. The highest BCUT2D eigenvalue weighted by atomic mass is 32.2. The van der Waals surface area contributed by atoms with E-state index in [2.05, 4.69) is 4.36 Å². The van der Waals surface area contributed by atoms with Gasteiger partial charge >= 0.3 is 0 Å². The van der Waals surface area contributed by atoms with Crippen LogP contribution < -0.4 is 5.14 Å². The Bertz CT molecular complexity index is 975. The molecule has 2 rings (SSSR count). The molecule has 0 radical (unpaired) electrons. The zero-order valence-corrected chi connectivity index (χ0v) is 20.3. The van der Waals surface area contributed by atoms with Crippen LogP contribution in [0.5, 0.6) is 0 Å². The lowest BCUT2D eigenvalue weighted by molar-refractivity contribution is -0.117. The summed E-state index contributed by atoms with van der Waals surface area (Å²) in [4.78, 5) is 14.9. The van der Waals surface area contributed by atoms with Crippen molar-refractivity contribution in [1.82, 2.24) is 4.90 Å². The normalized spacial score (nSPS) is 13.1. The Morgan fingerprint density at radius 1 is 1.06 bits per heavy atom. The van der Waals surface area contributed by atoms with Crippen LogP contribution >= 0.6 is 0 Å². The Morgan fingerprint density at radius 3 is 2.06 bits per heavy atom. The van der Waals surface area contributed by atoms with Crippen molar-refractivity contribution in [1.29, 1.82) is 0 Å². The Morgan fingerprint density at radius 2 is 1.62 bits per heavy atom. The van der Waals surface area contributed by atoms with Crippen molar-refractivity contribution in [2.75, 3.05) is 14.1 Å². The molecule has 0 spiro atoms. The molecule has 2 aromatic rings. The first kappa shape index (κ1) is 26.2. The molecule has 0 saturated heterocycles. The zero-order chi connectivity index (χ0) is 24.2. The number of halogens is 3. The molecule has 0 aliphatic rings. The van der Waals surface area contributed by atoms with Crippen molar-refractivity contribution in [3.63, 3.8) is 0 Å². The van der Waals surface area contributed by atoms with Crippen LogP contribution in [0.15, 0.2) is 39.6 Å². The molecule has 1 atom stereocenters. The van der Waals surface area contributed by atoms with E-state index in [1.54, 1.807) is 12.1 Å². The summed E-state index contributed by atoms with van der Waals surface area (Å²) in [7, 11) is 2.32. The lowest BCUT2D eigenvalue weighted by Gasteiger charge is -2.21. The van der Waals surface area contributed by atoms with E-state index in [0.717, 1.165) is 5.56 Å². The maximum Gasteiger partial charge on any atom is 0.263 e. The van der Waals surface area contributed by atoms with Crippen LogP contribution in [0, 0.1) is 5.82 Å². The molecule has 8 heteroatoms. The number of carbonyl (C=O) groups excluding carboxylic acids is 1. The molecule has 2 N–H and O–H groups in total. The van der Waals surface area contributed by atoms with Gasteiger partial charge in [-0.2, -0.15) is 4.36 Å². The van der Waals surface area contributed by atoms with Gasteiger partial charge in [0, 0.05) is 23.0 Å². The van der Waals surface area contributed by atoms with Crippen LogP contribution in [0.2, 0.25) is 0 Å². The summed E-state index contributed by atoms with van der Waals surface area (Å²) in [6.45, 7) is 8.18. The van der Waals surface area contributed by atoms with Gasteiger partial charge in [0.1, 0.15) is 5.82 Å². The molecule has 1 amide bonds. The third kappa shape index (κ3) is 6.73. The van der Waals surface area contributed by atoms with Crippen LogP contribution in [0.3, 0.4) is 0 Å². The van der Waals surface area contributed by atoms with Crippen molar-refractivity contribution in [2.45, 2.75) is 63.8 Å². The van der Waals surface area contributed by atoms with Gasteiger partial charge in [-0.3, -0.25) is 9.93 Å². The van der Waals surface area contributed by atoms with E-state index in [-0.39, 0.29) is 28.7 Å². The molecule has 2 aromatic carbocycles. The van der Waals surface area contributed by atoms with E-state index in [1.165, 1.54) is 18.2 Å². The summed E-state index contributed by atoms with van der Waals surface area (Å²) in [6, 6.07) is 7.66. The second kappa shape index (κ2) is 11.2. The van der Waals surface area contributed by atoms with Gasteiger partial charge in [-0.1, -0.05) is 33.8 Å². The number of nitrogens with two attached hydrogens (primary N) is 1. The van der Waals surface area contributed by atoms with Crippen molar-refractivity contribution in [3.05, 3.63) is 64.0 Å². The Labute approximate surface area is 191 Å². The van der Waals surface area contributed by atoms with Crippen molar-refractivity contribution in [3.8, 4) is 0 Å². The Balaban J connectivity index is 2.39. The van der Waals surface area contributed by atoms with E-state index in [0.29, 0.717) is 23.2 Å². The summed E-state index contributed by atoms with van der Waals surface area (Å²) in [5.41, 5.74) is 2.84. The fourth-order valence-electron chi connectivity index (χ4n) is 3.62. The number of hydrogen-bond acceptors (Lipinski definition) is 2. The fourth-order valence-corrected chi connectivity index (χ4v) is 4.47. The summed E-state index contributed by atoms with van der Waals surface area (Å²) in [6.07, 6.45) is -2.65. The third-order valence-corrected chi connectivity index (χ3v) is 6.27. The molecule has 4 nitrogen and oxygen atoms in total. The van der Waals surface area contributed by atoms with Crippen LogP contribution in [0.25, 0.3) is 0 Å². The topological polar surface area (TPSA) is 58.7 Å². The van der Waals surface area contributed by atoms with Gasteiger partial charge in [0.2, 0.25) is 0 Å². The van der Waals surface area contributed by atoms with Crippen LogP contribution in [0.4, 0.5) is 13.2 Å². The molecular formula is C24H32F3N3OS. The molecule has 0 fully saturated rings. The maximum atomic E-state index is 14.6. The molecule has 0 saturated carbocycles. The number of amides is 1. The van der Waals surface area contributed by atoms with Crippen LogP contribution in [-0.4, -0.2) is 24.9 Å². The minimum Gasteiger partial charge on any atom is -0.305 e. The lowest BCUT2D eigenvalue weighted by atomic mass is 9.85. The Hall–Kier alpha value is -2.03. The monoisotopic (exact) mass is 467 g/mol. The molecule has 0 aliphatic carbocycles. The SMILES string of the molecule is CC(C)c1cc(C(F)F)cc(C(C)C)c1CC(=O)N=S(N)c1ccc(CN(C)C)cc1F. The summed E-state index contributed by atoms with van der Waals surface area (Å²) < 4.78 is 45.4. The molecule has 32 heavy (non-hydrogen) atoms. The summed E-state index contributed by atoms with van der Waals surface area (Å²) >= 11 is 0. The number of rotatable bonds is 8. The van der Waals surface area contributed by atoms with Gasteiger partial charge in [-0.05, 0) is 72.5 Å². The fraction of sp³-hybridized carbons (Fsp3) is 0.458. The highest BCUT2D eigenvalue weighted by Crippen LogP contribution is 2.33. The molecule has 0 aliphatic heterocycles. The van der Waals surface area contributed by atoms with Crippen molar-refractivity contribution < 1.29 is 18.0 Å². The largest absolute Gasteiger partial charge is 0.305 e. The molecular weight excluding hydrogens is 435 g/mol. The first-order chi connectivity index (χ1) is 14.9. The first-order valence-electron chi connectivity index (χ1n) is 10.5. The molecule has 176 valence electrons. The number of nitrogens with zero attached hydrogens (tertiary/aromatic N) is 2. The smallest absolute Gasteiger partial charge is 0.263 e. The Kier molecular flexibility index (Phi) is 9.18. The van der Waals surface area contributed by atoms with E-state index < -0.39 is 29.0 Å². The van der Waals surface area contributed by atoms with Crippen LogP contribution in [0.1, 0.15) is 73.8 Å². The van der Waals surface area contributed by atoms with Gasteiger partial charge in [0.05, 0.1) is 11.3 Å².